The number of nitrogens with zero attached hydrogens (tertiary/aromatic N) is 1. The van der Waals surface area contributed by atoms with E-state index in [0.717, 1.165) is 6.42 Å². The van der Waals surface area contributed by atoms with Gasteiger partial charge in [-0.1, -0.05) is 0 Å². The van der Waals surface area contributed by atoms with Gasteiger partial charge in [-0.15, -0.1) is 0 Å². The zero-order valence-corrected chi connectivity index (χ0v) is 8.53. The first-order valence-electron chi connectivity index (χ1n) is 4.40. The largest absolute Gasteiger partial charge is 0.480 e. The summed E-state index contributed by atoms with van der Waals surface area (Å²) >= 11 is 0. The van der Waals surface area contributed by atoms with Gasteiger partial charge in [0, 0.05) is 13.1 Å². The number of hydrogen-bond donors (Lipinski definition) is 2. The van der Waals surface area contributed by atoms with E-state index in [1.54, 1.807) is 0 Å². The van der Waals surface area contributed by atoms with Gasteiger partial charge in [0.05, 0.1) is 5.75 Å². The molecular weight excluding hydrogens is 208 g/mol. The Balaban J connectivity index is 2.40. The van der Waals surface area contributed by atoms with Crippen LogP contribution < -0.4 is 5.73 Å². The van der Waals surface area contributed by atoms with Crippen LogP contribution in [0.5, 0.6) is 0 Å². The van der Waals surface area contributed by atoms with E-state index in [-0.39, 0.29) is 12.2 Å². The molecular formula is C7H14N2O4S. The number of carboxylic acids is 1. The molecule has 0 aliphatic carbocycles. The number of rotatable bonds is 5. The van der Waals surface area contributed by atoms with Crippen LogP contribution in [0.1, 0.15) is 12.8 Å². The molecule has 1 saturated heterocycles. The summed E-state index contributed by atoms with van der Waals surface area (Å²) in [5, 5.41) is 8.46. The first-order chi connectivity index (χ1) is 6.43. The van der Waals surface area contributed by atoms with Crippen molar-refractivity contribution < 1.29 is 18.3 Å². The molecule has 1 atom stereocenters. The lowest BCUT2D eigenvalue weighted by molar-refractivity contribution is -0.138. The van der Waals surface area contributed by atoms with E-state index in [9.17, 15) is 13.2 Å². The summed E-state index contributed by atoms with van der Waals surface area (Å²) < 4.78 is 24.2. The first kappa shape index (κ1) is 11.4. The quantitative estimate of drug-likeness (QED) is 0.610. The van der Waals surface area contributed by atoms with Crippen molar-refractivity contribution in [3.63, 3.8) is 0 Å². The molecule has 1 fully saturated rings. The van der Waals surface area contributed by atoms with Crippen LogP contribution in [0.25, 0.3) is 0 Å². The van der Waals surface area contributed by atoms with E-state index in [0.29, 0.717) is 13.1 Å². The molecule has 6 nitrogen and oxygen atoms in total. The van der Waals surface area contributed by atoms with Crippen LogP contribution in [0.3, 0.4) is 0 Å². The average Bonchev–Trinajstić information content (AvgIpc) is 1.95. The molecule has 3 N–H and O–H groups in total. The van der Waals surface area contributed by atoms with Crippen molar-refractivity contribution >= 4 is 16.0 Å². The maximum atomic E-state index is 11.4. The SMILES string of the molecule is NC(CCS(=O)(=O)N1CCC1)C(=O)O. The van der Waals surface area contributed by atoms with Crippen molar-refractivity contribution in [2.24, 2.45) is 5.73 Å². The Hall–Kier alpha value is -0.660. The Kier molecular flexibility index (Phi) is 3.46. The maximum absolute atomic E-state index is 11.4. The van der Waals surface area contributed by atoms with E-state index in [1.807, 2.05) is 0 Å². The van der Waals surface area contributed by atoms with Gasteiger partial charge in [0.15, 0.2) is 0 Å². The zero-order valence-electron chi connectivity index (χ0n) is 7.72. The molecule has 0 radical (unpaired) electrons. The van der Waals surface area contributed by atoms with Crippen LogP contribution in [-0.4, -0.2) is 48.7 Å². The predicted molar refractivity (Wildman–Crippen MR) is 50.2 cm³/mol. The Labute approximate surface area is 82.7 Å². The molecule has 0 aromatic carbocycles. The second-order valence-corrected chi connectivity index (χ2v) is 5.39. The topological polar surface area (TPSA) is 101 Å². The van der Waals surface area contributed by atoms with Crippen molar-refractivity contribution in [1.29, 1.82) is 0 Å². The van der Waals surface area contributed by atoms with Gasteiger partial charge < -0.3 is 10.8 Å². The summed E-state index contributed by atoms with van der Waals surface area (Å²) in [7, 11) is -3.26. The van der Waals surface area contributed by atoms with Gasteiger partial charge in [-0.3, -0.25) is 4.79 Å². The summed E-state index contributed by atoms with van der Waals surface area (Å²) in [6.45, 7) is 1.09. The molecule has 1 aliphatic heterocycles. The summed E-state index contributed by atoms with van der Waals surface area (Å²) in [5.41, 5.74) is 5.20. The smallest absolute Gasteiger partial charge is 0.320 e. The van der Waals surface area contributed by atoms with Gasteiger partial charge in [-0.2, -0.15) is 0 Å². The Morgan fingerprint density at radius 3 is 2.43 bits per heavy atom. The van der Waals surface area contributed by atoms with E-state index < -0.39 is 22.0 Å². The van der Waals surface area contributed by atoms with E-state index >= 15 is 0 Å². The molecule has 0 saturated carbocycles. The summed E-state index contributed by atoms with van der Waals surface area (Å²) in [6.07, 6.45) is 0.846. The minimum Gasteiger partial charge on any atom is -0.480 e. The second-order valence-electron chi connectivity index (χ2n) is 3.30. The fourth-order valence-electron chi connectivity index (χ4n) is 1.09. The highest BCUT2D eigenvalue weighted by atomic mass is 32.2. The zero-order chi connectivity index (χ0) is 10.8. The minimum absolute atomic E-state index is 0.0336. The lowest BCUT2D eigenvalue weighted by atomic mass is 10.2. The third-order valence-electron chi connectivity index (χ3n) is 2.21. The average molecular weight is 222 g/mol. The fraction of sp³-hybridized carbons (Fsp3) is 0.857. The van der Waals surface area contributed by atoms with E-state index in [1.165, 1.54) is 4.31 Å². The number of aliphatic carboxylic acids is 1. The van der Waals surface area contributed by atoms with Crippen molar-refractivity contribution in [1.82, 2.24) is 4.31 Å². The molecule has 0 aromatic rings. The Morgan fingerprint density at radius 2 is 2.07 bits per heavy atom. The molecule has 0 aromatic heterocycles. The molecule has 1 aliphatic rings. The van der Waals surface area contributed by atoms with Crippen molar-refractivity contribution in [2.75, 3.05) is 18.8 Å². The number of hydrogen-bond acceptors (Lipinski definition) is 4. The highest BCUT2D eigenvalue weighted by Gasteiger charge is 2.28. The van der Waals surface area contributed by atoms with Crippen LogP contribution in [-0.2, 0) is 14.8 Å². The maximum Gasteiger partial charge on any atom is 0.320 e. The van der Waals surface area contributed by atoms with Crippen LogP contribution in [0.4, 0.5) is 0 Å². The number of sulfonamides is 1. The summed E-state index contributed by atoms with van der Waals surface area (Å²) in [6, 6.07) is -1.09. The van der Waals surface area contributed by atoms with E-state index in [2.05, 4.69) is 0 Å². The first-order valence-corrected chi connectivity index (χ1v) is 6.00. The third kappa shape index (κ3) is 2.66. The molecule has 0 spiro atoms. The lowest BCUT2D eigenvalue weighted by Crippen LogP contribution is -2.44. The van der Waals surface area contributed by atoms with Crippen LogP contribution >= 0.6 is 0 Å². The Bertz CT molecular complexity index is 310. The van der Waals surface area contributed by atoms with Gasteiger partial charge >= 0.3 is 5.97 Å². The van der Waals surface area contributed by atoms with Crippen molar-refractivity contribution in [2.45, 2.75) is 18.9 Å². The number of carboxylic acid groups (broad SMARTS) is 1. The highest BCUT2D eigenvalue weighted by molar-refractivity contribution is 7.89. The monoisotopic (exact) mass is 222 g/mol. The van der Waals surface area contributed by atoms with Gasteiger partial charge in [-0.25, -0.2) is 12.7 Å². The van der Waals surface area contributed by atoms with Gasteiger partial charge in [0.2, 0.25) is 10.0 Å². The van der Waals surface area contributed by atoms with Crippen LogP contribution in [0, 0.1) is 0 Å². The third-order valence-corrected chi connectivity index (χ3v) is 4.12. The molecule has 14 heavy (non-hydrogen) atoms. The molecule has 0 amide bonds. The van der Waals surface area contributed by atoms with Crippen LogP contribution in [0.2, 0.25) is 0 Å². The van der Waals surface area contributed by atoms with Gasteiger partial charge in [0.25, 0.3) is 0 Å². The lowest BCUT2D eigenvalue weighted by Gasteiger charge is -2.29. The van der Waals surface area contributed by atoms with Crippen molar-refractivity contribution in [3.8, 4) is 0 Å². The minimum atomic E-state index is -3.26. The summed E-state index contributed by atoms with van der Waals surface area (Å²) in [4.78, 5) is 10.3. The van der Waals surface area contributed by atoms with Crippen LogP contribution in [0.15, 0.2) is 0 Å². The number of carbonyl (C=O) groups is 1. The normalized spacial score (nSPS) is 20.1. The van der Waals surface area contributed by atoms with Gasteiger partial charge in [0.1, 0.15) is 6.04 Å². The molecule has 0 bridgehead atoms. The summed E-state index contributed by atoms with van der Waals surface area (Å²) in [5.74, 6) is -1.34. The molecule has 1 unspecified atom stereocenters. The molecule has 82 valence electrons. The molecule has 7 heteroatoms. The standard InChI is InChI=1S/C7H14N2O4S/c8-6(7(10)11)2-5-14(12,13)9-3-1-4-9/h6H,1-5,8H2,(H,10,11). The van der Waals surface area contributed by atoms with Gasteiger partial charge in [-0.05, 0) is 12.8 Å². The number of nitrogens with two attached hydrogens (primary N) is 1. The Morgan fingerprint density at radius 1 is 1.50 bits per heavy atom. The van der Waals surface area contributed by atoms with E-state index in [4.69, 9.17) is 10.8 Å². The predicted octanol–water partition coefficient (Wildman–Crippen LogP) is -1.18. The second kappa shape index (κ2) is 4.24. The van der Waals surface area contributed by atoms with Crippen molar-refractivity contribution in [3.05, 3.63) is 0 Å². The molecule has 1 heterocycles. The highest BCUT2D eigenvalue weighted by Crippen LogP contribution is 2.13. The molecule has 1 rings (SSSR count). The fourth-order valence-corrected chi connectivity index (χ4v) is 2.72.